The molecule has 0 N–H and O–H groups in total. The Balaban J connectivity index is 3.18. The molecule has 0 aromatic heterocycles. The van der Waals surface area contributed by atoms with Crippen molar-refractivity contribution in [3.05, 3.63) is 28.2 Å². The molecule has 0 spiro atoms. The molecule has 1 aromatic rings. The molecule has 1 atom stereocenters. The van der Waals surface area contributed by atoms with Crippen LogP contribution < -0.4 is 4.74 Å². The Labute approximate surface area is 101 Å². The lowest BCUT2D eigenvalue weighted by Crippen LogP contribution is -2.13. The molecule has 0 aliphatic rings. The van der Waals surface area contributed by atoms with Crippen molar-refractivity contribution < 1.29 is 13.9 Å². The number of ketones is 1. The van der Waals surface area contributed by atoms with Gasteiger partial charge < -0.3 is 4.74 Å². The third-order valence-corrected chi connectivity index (χ3v) is 2.65. The highest BCUT2D eigenvalue weighted by Gasteiger charge is 2.20. The first-order valence-corrected chi connectivity index (χ1v) is 5.46. The van der Waals surface area contributed by atoms with Crippen molar-refractivity contribution in [3.63, 3.8) is 0 Å². The largest absolute Gasteiger partial charge is 0.462 e. The van der Waals surface area contributed by atoms with Gasteiger partial charge in [-0.25, -0.2) is 4.39 Å². The molecule has 1 unspecified atom stereocenters. The second-order valence-electron chi connectivity index (χ2n) is 2.85. The Hall–Kier alpha value is -0.610. The zero-order valence-electron chi connectivity index (χ0n) is 7.97. The average molecular weight is 296 g/mol. The van der Waals surface area contributed by atoms with Gasteiger partial charge in [-0.15, -0.1) is 11.6 Å². The van der Waals surface area contributed by atoms with E-state index in [1.807, 2.05) is 0 Å². The maximum Gasteiger partial charge on any atom is 0.228 e. The van der Waals surface area contributed by atoms with Crippen molar-refractivity contribution in [3.8, 4) is 5.75 Å². The topological polar surface area (TPSA) is 26.3 Å². The van der Waals surface area contributed by atoms with Crippen LogP contribution >= 0.6 is 27.5 Å². The van der Waals surface area contributed by atoms with Crippen molar-refractivity contribution in [1.29, 1.82) is 0 Å². The fourth-order valence-corrected chi connectivity index (χ4v) is 1.77. The summed E-state index contributed by atoms with van der Waals surface area (Å²) in [7, 11) is 0. The number of halogens is 3. The van der Waals surface area contributed by atoms with E-state index in [4.69, 9.17) is 16.3 Å². The Kier molecular flexibility index (Phi) is 4.54. The molecule has 0 fully saturated rings. The summed E-state index contributed by atoms with van der Waals surface area (Å²) >= 11 is 8.89. The molecule has 0 radical (unpaired) electrons. The number of hydrogen-bond acceptors (Lipinski definition) is 2. The molecule has 2 nitrogen and oxygen atoms in total. The van der Waals surface area contributed by atoms with Crippen LogP contribution in [0.25, 0.3) is 0 Å². The number of carbonyl (C=O) groups excluding carboxylic acids is 1. The van der Waals surface area contributed by atoms with Crippen molar-refractivity contribution in [2.75, 3.05) is 6.86 Å². The molecule has 82 valence electrons. The smallest absolute Gasteiger partial charge is 0.228 e. The van der Waals surface area contributed by atoms with E-state index in [-0.39, 0.29) is 17.1 Å². The van der Waals surface area contributed by atoms with Crippen molar-refractivity contribution in [1.82, 2.24) is 0 Å². The highest BCUT2D eigenvalue weighted by atomic mass is 79.9. The molecule has 1 rings (SSSR count). The first kappa shape index (κ1) is 12.5. The van der Waals surface area contributed by atoms with Gasteiger partial charge in [-0.3, -0.25) is 4.79 Å². The van der Waals surface area contributed by atoms with Gasteiger partial charge in [0.1, 0.15) is 5.75 Å². The van der Waals surface area contributed by atoms with Gasteiger partial charge in [-0.1, -0.05) is 6.07 Å². The fourth-order valence-electron chi connectivity index (χ4n) is 1.12. The average Bonchev–Trinajstić information content (AvgIpc) is 2.17. The van der Waals surface area contributed by atoms with Crippen LogP contribution in [0, 0.1) is 0 Å². The molecular weight excluding hydrogens is 286 g/mol. The second-order valence-corrected chi connectivity index (χ2v) is 4.36. The number of benzene rings is 1. The lowest BCUT2D eigenvalue weighted by molar-refractivity contribution is 0.0983. The van der Waals surface area contributed by atoms with Gasteiger partial charge in [0.15, 0.2) is 5.78 Å². The van der Waals surface area contributed by atoms with E-state index in [0.717, 1.165) is 0 Å². The summed E-state index contributed by atoms with van der Waals surface area (Å²) in [6.07, 6.45) is 0. The van der Waals surface area contributed by atoms with E-state index < -0.39 is 12.2 Å². The van der Waals surface area contributed by atoms with Gasteiger partial charge >= 0.3 is 0 Å². The predicted molar refractivity (Wildman–Crippen MR) is 60.4 cm³/mol. The SMILES string of the molecule is CC(Cl)C(=O)c1c(Br)cccc1OCF. The van der Waals surface area contributed by atoms with Gasteiger partial charge in [-0.2, -0.15) is 0 Å². The summed E-state index contributed by atoms with van der Waals surface area (Å²) in [5.41, 5.74) is 0.276. The van der Waals surface area contributed by atoms with E-state index >= 15 is 0 Å². The van der Waals surface area contributed by atoms with Crippen LogP contribution in [0.1, 0.15) is 17.3 Å². The third kappa shape index (κ3) is 2.92. The summed E-state index contributed by atoms with van der Waals surface area (Å²) in [5, 5.41) is -0.675. The molecule has 0 saturated heterocycles. The lowest BCUT2D eigenvalue weighted by Gasteiger charge is -2.10. The van der Waals surface area contributed by atoms with E-state index in [1.165, 1.54) is 6.07 Å². The number of alkyl halides is 2. The number of carbonyl (C=O) groups is 1. The molecular formula is C10H9BrClFO2. The van der Waals surface area contributed by atoms with Crippen LogP contribution in [-0.2, 0) is 0 Å². The number of hydrogen-bond donors (Lipinski definition) is 0. The molecule has 15 heavy (non-hydrogen) atoms. The monoisotopic (exact) mass is 294 g/mol. The van der Waals surface area contributed by atoms with E-state index in [1.54, 1.807) is 19.1 Å². The Morgan fingerprint density at radius 2 is 2.33 bits per heavy atom. The summed E-state index contributed by atoms with van der Waals surface area (Å²) in [5.74, 6) is -0.100. The van der Waals surface area contributed by atoms with E-state index in [2.05, 4.69) is 15.9 Å². The van der Waals surface area contributed by atoms with Crippen molar-refractivity contribution in [2.45, 2.75) is 12.3 Å². The van der Waals surface area contributed by atoms with Gasteiger partial charge in [0.05, 0.1) is 10.9 Å². The summed E-state index contributed by atoms with van der Waals surface area (Å²) in [4.78, 5) is 11.7. The second kappa shape index (κ2) is 5.47. The first-order chi connectivity index (χ1) is 7.07. The maximum atomic E-state index is 12.1. The highest BCUT2D eigenvalue weighted by Crippen LogP contribution is 2.29. The number of Topliss-reactive ketones (excluding diaryl/α,β-unsaturated/α-hetero) is 1. The van der Waals surface area contributed by atoms with Crippen LogP contribution in [0.5, 0.6) is 5.75 Å². The van der Waals surface area contributed by atoms with E-state index in [9.17, 15) is 9.18 Å². The zero-order valence-corrected chi connectivity index (χ0v) is 10.3. The minimum atomic E-state index is -0.979. The first-order valence-electron chi connectivity index (χ1n) is 4.23. The number of rotatable bonds is 4. The quantitative estimate of drug-likeness (QED) is 0.627. The van der Waals surface area contributed by atoms with Crippen LogP contribution in [-0.4, -0.2) is 18.0 Å². The van der Waals surface area contributed by atoms with Gasteiger partial charge in [0.2, 0.25) is 6.86 Å². The molecule has 0 aliphatic carbocycles. The normalized spacial score (nSPS) is 12.3. The van der Waals surface area contributed by atoms with Gasteiger partial charge in [-0.05, 0) is 35.0 Å². The minimum absolute atomic E-state index is 0.198. The third-order valence-electron chi connectivity index (χ3n) is 1.79. The number of ether oxygens (including phenoxy) is 1. The van der Waals surface area contributed by atoms with Crippen LogP contribution in [0.3, 0.4) is 0 Å². The lowest BCUT2D eigenvalue weighted by atomic mass is 10.1. The van der Waals surface area contributed by atoms with Crippen LogP contribution in [0.15, 0.2) is 22.7 Å². The molecule has 0 amide bonds. The molecule has 1 aromatic carbocycles. The predicted octanol–water partition coefficient (Wildman–Crippen LogP) is 3.56. The highest BCUT2D eigenvalue weighted by molar-refractivity contribution is 9.10. The van der Waals surface area contributed by atoms with E-state index in [0.29, 0.717) is 4.47 Å². The summed E-state index contributed by atoms with van der Waals surface area (Å²) < 4.78 is 17.3. The molecule has 0 heterocycles. The van der Waals surface area contributed by atoms with Crippen molar-refractivity contribution >= 4 is 33.3 Å². The Bertz CT molecular complexity index is 368. The maximum absolute atomic E-state index is 12.1. The van der Waals surface area contributed by atoms with Crippen LogP contribution in [0.4, 0.5) is 4.39 Å². The van der Waals surface area contributed by atoms with Crippen molar-refractivity contribution in [2.24, 2.45) is 0 Å². The molecule has 0 aliphatic heterocycles. The standard InChI is InChI=1S/C10H9BrClFO2/c1-6(12)10(14)9-7(11)3-2-4-8(9)15-5-13/h2-4,6H,5H2,1H3. The van der Waals surface area contributed by atoms with Gasteiger partial charge in [0, 0.05) is 4.47 Å². The van der Waals surface area contributed by atoms with Gasteiger partial charge in [0.25, 0.3) is 0 Å². The summed E-state index contributed by atoms with van der Waals surface area (Å²) in [6, 6.07) is 4.86. The molecule has 5 heteroatoms. The zero-order chi connectivity index (χ0) is 11.4. The minimum Gasteiger partial charge on any atom is -0.462 e. The molecule has 0 saturated carbocycles. The molecule has 0 bridgehead atoms. The Morgan fingerprint density at radius 3 is 2.87 bits per heavy atom. The van der Waals surface area contributed by atoms with Crippen LogP contribution in [0.2, 0.25) is 0 Å². The Morgan fingerprint density at radius 1 is 1.67 bits per heavy atom. The summed E-state index contributed by atoms with van der Waals surface area (Å²) in [6.45, 7) is 0.579. The fraction of sp³-hybridized carbons (Fsp3) is 0.300.